The fourth-order valence-electron chi connectivity index (χ4n) is 2.74. The first kappa shape index (κ1) is 21.7. The molecule has 1 N–H and O–H groups in total. The number of carbonyl (C=O) groups is 1. The van der Waals surface area contributed by atoms with Crippen molar-refractivity contribution < 1.29 is 17.6 Å². The zero-order chi connectivity index (χ0) is 21.0. The van der Waals surface area contributed by atoms with Crippen molar-refractivity contribution in [3.63, 3.8) is 0 Å². The van der Waals surface area contributed by atoms with Crippen LogP contribution < -0.4 is 9.52 Å². The van der Waals surface area contributed by atoms with Crippen LogP contribution in [0.2, 0.25) is 0 Å². The predicted octanol–water partition coefficient (Wildman–Crippen LogP) is 2.91. The maximum atomic E-state index is 14.0. The Hall–Kier alpha value is -2.01. The Labute approximate surface area is 176 Å². The van der Waals surface area contributed by atoms with Crippen LogP contribution >= 0.6 is 23.1 Å². The van der Waals surface area contributed by atoms with Gasteiger partial charge in [0.2, 0.25) is 10.0 Å². The van der Waals surface area contributed by atoms with Crippen LogP contribution in [0.25, 0.3) is 10.2 Å². The Kier molecular flexibility index (Phi) is 6.89. The lowest BCUT2D eigenvalue weighted by Crippen LogP contribution is -2.41. The van der Waals surface area contributed by atoms with Crippen molar-refractivity contribution in [2.45, 2.75) is 17.4 Å². The predicted molar refractivity (Wildman–Crippen MR) is 115 cm³/mol. The van der Waals surface area contributed by atoms with Crippen LogP contribution in [-0.4, -0.2) is 36.9 Å². The summed E-state index contributed by atoms with van der Waals surface area (Å²) in [6.07, 6.45) is 2.10. The van der Waals surface area contributed by atoms with Gasteiger partial charge in [-0.25, -0.2) is 12.8 Å². The molecule has 0 aliphatic carbocycles. The SMILES string of the molecule is CSCCC(NS(=O)(=O)c1ccccc1F)C(=O)N=c1sc2ccccc2n1C. The monoisotopic (exact) mass is 453 g/mol. The van der Waals surface area contributed by atoms with Gasteiger partial charge in [-0.2, -0.15) is 21.5 Å². The molecular formula is C19H20FN3O3S3. The van der Waals surface area contributed by atoms with Gasteiger partial charge in [0, 0.05) is 7.05 Å². The van der Waals surface area contributed by atoms with Gasteiger partial charge in [0.25, 0.3) is 5.91 Å². The van der Waals surface area contributed by atoms with Crippen LogP contribution in [0, 0.1) is 5.82 Å². The highest BCUT2D eigenvalue weighted by Gasteiger charge is 2.27. The second-order valence-corrected chi connectivity index (χ2v) is 9.92. The van der Waals surface area contributed by atoms with Gasteiger partial charge in [-0.05, 0) is 42.7 Å². The maximum Gasteiger partial charge on any atom is 0.266 e. The summed E-state index contributed by atoms with van der Waals surface area (Å²) in [6, 6.07) is 11.6. The standard InChI is InChI=1S/C19H20FN3O3S3/c1-23-15-8-4-5-9-16(15)28-19(23)21-18(24)14(11-12-27-2)22-29(25,26)17-10-6-3-7-13(17)20/h3-10,14,22H,11-12H2,1-2H3. The van der Waals surface area contributed by atoms with E-state index in [1.807, 2.05) is 30.5 Å². The first-order valence-electron chi connectivity index (χ1n) is 8.72. The second-order valence-electron chi connectivity index (χ2n) is 6.25. The highest BCUT2D eigenvalue weighted by molar-refractivity contribution is 7.98. The van der Waals surface area contributed by atoms with E-state index in [1.54, 1.807) is 11.6 Å². The van der Waals surface area contributed by atoms with Crippen LogP contribution in [0.4, 0.5) is 4.39 Å². The highest BCUT2D eigenvalue weighted by Crippen LogP contribution is 2.17. The van der Waals surface area contributed by atoms with Crippen molar-refractivity contribution in [1.82, 2.24) is 9.29 Å². The lowest BCUT2D eigenvalue weighted by molar-refractivity contribution is -0.119. The van der Waals surface area contributed by atoms with Crippen LogP contribution in [0.3, 0.4) is 0 Å². The van der Waals surface area contributed by atoms with E-state index >= 15 is 0 Å². The number of nitrogens with zero attached hydrogens (tertiary/aromatic N) is 2. The minimum Gasteiger partial charge on any atom is -0.319 e. The number of para-hydroxylation sites is 1. The van der Waals surface area contributed by atoms with Gasteiger partial charge >= 0.3 is 0 Å². The third-order valence-electron chi connectivity index (χ3n) is 4.25. The van der Waals surface area contributed by atoms with Gasteiger partial charge in [0.05, 0.1) is 10.2 Å². The molecule has 1 aromatic heterocycles. The van der Waals surface area contributed by atoms with Crippen molar-refractivity contribution in [2.75, 3.05) is 12.0 Å². The summed E-state index contributed by atoms with van der Waals surface area (Å²) in [5.74, 6) is -0.936. The van der Waals surface area contributed by atoms with E-state index in [1.165, 1.54) is 35.2 Å². The van der Waals surface area contributed by atoms with E-state index in [2.05, 4.69) is 9.71 Å². The van der Waals surface area contributed by atoms with E-state index < -0.39 is 32.7 Å². The van der Waals surface area contributed by atoms with Gasteiger partial charge in [-0.15, -0.1) is 0 Å². The number of aromatic nitrogens is 1. The summed E-state index contributed by atoms with van der Waals surface area (Å²) in [4.78, 5) is 17.0. The Balaban J connectivity index is 1.94. The number of rotatable bonds is 7. The van der Waals surface area contributed by atoms with E-state index in [0.29, 0.717) is 10.6 Å². The third kappa shape index (κ3) is 4.95. The number of nitrogens with one attached hydrogen (secondary N) is 1. The molecule has 154 valence electrons. The van der Waals surface area contributed by atoms with E-state index in [4.69, 9.17) is 0 Å². The summed E-state index contributed by atoms with van der Waals surface area (Å²) in [5.41, 5.74) is 0.927. The van der Waals surface area contributed by atoms with Crippen LogP contribution in [0.1, 0.15) is 6.42 Å². The number of sulfonamides is 1. The number of fused-ring (bicyclic) bond motifs is 1. The van der Waals surface area contributed by atoms with Crippen LogP contribution in [-0.2, 0) is 21.9 Å². The molecule has 3 rings (SSSR count). The first-order valence-corrected chi connectivity index (χ1v) is 12.4. The molecule has 3 aromatic rings. The van der Waals surface area contributed by atoms with Gasteiger partial charge in [-0.3, -0.25) is 4.79 Å². The van der Waals surface area contributed by atoms with Gasteiger partial charge in [0.15, 0.2) is 4.80 Å². The zero-order valence-electron chi connectivity index (χ0n) is 15.8. The number of amides is 1. The van der Waals surface area contributed by atoms with E-state index in [9.17, 15) is 17.6 Å². The van der Waals surface area contributed by atoms with Crippen LogP contribution in [0.5, 0.6) is 0 Å². The lowest BCUT2D eigenvalue weighted by Gasteiger charge is -2.15. The molecule has 0 fully saturated rings. The molecule has 0 aliphatic rings. The molecule has 1 atom stereocenters. The van der Waals surface area contributed by atoms with Gasteiger partial charge in [0.1, 0.15) is 16.8 Å². The summed E-state index contributed by atoms with van der Waals surface area (Å²) in [5, 5.41) is 0. The van der Waals surface area contributed by atoms with Crippen molar-refractivity contribution in [3.05, 3.63) is 59.1 Å². The molecular weight excluding hydrogens is 433 g/mol. The number of hydrogen-bond acceptors (Lipinski definition) is 5. The van der Waals surface area contributed by atoms with Crippen molar-refractivity contribution in [3.8, 4) is 0 Å². The molecule has 0 saturated carbocycles. The van der Waals surface area contributed by atoms with Crippen LogP contribution in [0.15, 0.2) is 58.4 Å². The Morgan fingerprint density at radius 1 is 1.24 bits per heavy atom. The largest absolute Gasteiger partial charge is 0.319 e. The minimum atomic E-state index is -4.21. The Bertz CT molecular complexity index is 1200. The summed E-state index contributed by atoms with van der Waals surface area (Å²) in [6.45, 7) is 0. The smallest absolute Gasteiger partial charge is 0.266 e. The molecule has 10 heteroatoms. The van der Waals surface area contributed by atoms with Crippen molar-refractivity contribution >= 4 is 49.2 Å². The third-order valence-corrected chi connectivity index (χ3v) is 7.51. The molecule has 1 unspecified atom stereocenters. The van der Waals surface area contributed by atoms with E-state index in [0.717, 1.165) is 22.3 Å². The van der Waals surface area contributed by atoms with Crippen molar-refractivity contribution in [1.29, 1.82) is 0 Å². The average Bonchev–Trinajstić information content (AvgIpc) is 3.01. The number of thiazole rings is 1. The molecule has 2 aromatic carbocycles. The molecule has 0 aliphatic heterocycles. The summed E-state index contributed by atoms with van der Waals surface area (Å²) in [7, 11) is -2.41. The molecule has 0 spiro atoms. The fourth-order valence-corrected chi connectivity index (χ4v) is 5.54. The maximum absolute atomic E-state index is 14.0. The Morgan fingerprint density at radius 3 is 2.62 bits per heavy atom. The second kappa shape index (κ2) is 9.21. The zero-order valence-corrected chi connectivity index (χ0v) is 18.3. The summed E-state index contributed by atoms with van der Waals surface area (Å²) >= 11 is 2.82. The molecule has 6 nitrogen and oxygen atoms in total. The molecule has 1 heterocycles. The fraction of sp³-hybridized carbons (Fsp3) is 0.263. The van der Waals surface area contributed by atoms with Gasteiger partial charge < -0.3 is 4.57 Å². The number of benzene rings is 2. The lowest BCUT2D eigenvalue weighted by atomic mass is 10.2. The number of aryl methyl sites for hydroxylation is 1. The quantitative estimate of drug-likeness (QED) is 0.597. The minimum absolute atomic E-state index is 0.242. The first-order chi connectivity index (χ1) is 13.8. The number of hydrogen-bond donors (Lipinski definition) is 1. The van der Waals surface area contributed by atoms with E-state index in [-0.39, 0.29) is 6.42 Å². The Morgan fingerprint density at radius 2 is 1.93 bits per heavy atom. The highest BCUT2D eigenvalue weighted by atomic mass is 32.2. The average molecular weight is 454 g/mol. The topological polar surface area (TPSA) is 80.5 Å². The molecule has 1 amide bonds. The normalized spacial score (nSPS) is 13.7. The molecule has 0 bridgehead atoms. The summed E-state index contributed by atoms with van der Waals surface area (Å²) < 4.78 is 44.3. The van der Waals surface area contributed by atoms with Crippen molar-refractivity contribution in [2.24, 2.45) is 12.0 Å². The number of halogens is 1. The number of carbonyl (C=O) groups excluding carboxylic acids is 1. The molecule has 29 heavy (non-hydrogen) atoms. The van der Waals surface area contributed by atoms with Gasteiger partial charge in [-0.1, -0.05) is 35.6 Å². The number of thioether (sulfide) groups is 1. The molecule has 0 saturated heterocycles. The molecule has 0 radical (unpaired) electrons.